The van der Waals surface area contributed by atoms with Crippen molar-refractivity contribution in [1.29, 1.82) is 0 Å². The summed E-state index contributed by atoms with van der Waals surface area (Å²) >= 11 is 1.53. The largest absolute Gasteiger partial charge is 0.493 e. The summed E-state index contributed by atoms with van der Waals surface area (Å²) in [7, 11) is 4.50. The van der Waals surface area contributed by atoms with E-state index in [9.17, 15) is 9.59 Å². The zero-order valence-corrected chi connectivity index (χ0v) is 19.9. The van der Waals surface area contributed by atoms with Crippen molar-refractivity contribution in [1.82, 2.24) is 10.2 Å². The molecule has 2 heterocycles. The first-order valence-electron chi connectivity index (χ1n) is 10.4. The van der Waals surface area contributed by atoms with E-state index in [-0.39, 0.29) is 17.2 Å². The number of benzene rings is 1. The maximum Gasteiger partial charge on any atom is 0.256 e. The summed E-state index contributed by atoms with van der Waals surface area (Å²) in [4.78, 5) is 28.4. The monoisotopic (exact) mass is 462 g/mol. The van der Waals surface area contributed by atoms with Gasteiger partial charge in [-0.05, 0) is 30.5 Å². The van der Waals surface area contributed by atoms with E-state index in [0.717, 1.165) is 12.0 Å². The van der Waals surface area contributed by atoms with Crippen LogP contribution in [0.3, 0.4) is 0 Å². The molecule has 0 radical (unpaired) electrons. The van der Waals surface area contributed by atoms with Crippen molar-refractivity contribution in [2.24, 2.45) is 5.92 Å². The minimum atomic E-state index is -0.612. The molecule has 1 N–H and O–H groups in total. The molecule has 3 rings (SSSR count). The molecule has 2 amide bonds. The van der Waals surface area contributed by atoms with Gasteiger partial charge in [-0.2, -0.15) is 0 Å². The summed E-state index contributed by atoms with van der Waals surface area (Å²) < 4.78 is 21.4. The van der Waals surface area contributed by atoms with Gasteiger partial charge in [-0.25, -0.2) is 0 Å². The molecular formula is C23H30N2O6S. The van der Waals surface area contributed by atoms with Crippen LogP contribution < -0.4 is 19.5 Å². The summed E-state index contributed by atoms with van der Waals surface area (Å²) in [6, 6.07) is 4.41. The second-order valence-corrected chi connectivity index (χ2v) is 8.97. The predicted octanol–water partition coefficient (Wildman–Crippen LogP) is 3.72. The summed E-state index contributed by atoms with van der Waals surface area (Å²) in [6.45, 7) is 4.78. The van der Waals surface area contributed by atoms with Crippen LogP contribution >= 0.6 is 11.8 Å². The van der Waals surface area contributed by atoms with Crippen molar-refractivity contribution >= 4 is 23.6 Å². The lowest BCUT2D eigenvalue weighted by molar-refractivity contribution is -0.124. The maximum absolute atomic E-state index is 13.7. The Labute approximate surface area is 192 Å². The van der Waals surface area contributed by atoms with E-state index in [1.807, 2.05) is 6.07 Å². The van der Waals surface area contributed by atoms with Gasteiger partial charge in [0.05, 0.1) is 33.9 Å². The molecule has 2 aromatic rings. The molecule has 2 atom stereocenters. The molecule has 1 aliphatic rings. The molecule has 1 aliphatic heterocycles. The Balaban J connectivity index is 1.95. The van der Waals surface area contributed by atoms with Crippen LogP contribution in [0.25, 0.3) is 0 Å². The standard InChI is InChI=1S/C23H30N2O6S/c1-14(2)6-8-24-21(26)17-13-32-23(15-7-9-31-12-15)25(17)22(27)16-10-18(28-3)20(30-5)19(11-16)29-4/h7,9-12,14,17,23H,6,8,13H2,1-5H3,(H,24,26). The quantitative estimate of drug-likeness (QED) is 0.607. The highest BCUT2D eigenvalue weighted by atomic mass is 32.2. The van der Waals surface area contributed by atoms with Crippen molar-refractivity contribution < 1.29 is 28.2 Å². The summed E-state index contributed by atoms with van der Waals surface area (Å²) in [5, 5.41) is 2.64. The topological polar surface area (TPSA) is 90.2 Å². The summed E-state index contributed by atoms with van der Waals surface area (Å²) in [5.41, 5.74) is 1.17. The number of thioether (sulfide) groups is 1. The van der Waals surface area contributed by atoms with Gasteiger partial charge in [0.25, 0.3) is 5.91 Å². The van der Waals surface area contributed by atoms with Gasteiger partial charge in [0.2, 0.25) is 11.7 Å². The fourth-order valence-corrected chi connectivity index (χ4v) is 4.99. The highest BCUT2D eigenvalue weighted by Gasteiger charge is 2.43. The van der Waals surface area contributed by atoms with Gasteiger partial charge < -0.3 is 28.8 Å². The van der Waals surface area contributed by atoms with Crippen molar-refractivity contribution in [3.05, 3.63) is 41.9 Å². The van der Waals surface area contributed by atoms with Gasteiger partial charge in [0.15, 0.2) is 11.5 Å². The molecule has 0 aliphatic carbocycles. The SMILES string of the molecule is COc1cc(C(=O)N2C(C(=O)NCCC(C)C)CSC2c2ccoc2)cc(OC)c1OC. The number of rotatable bonds is 9. The van der Waals surface area contributed by atoms with Crippen molar-refractivity contribution in [3.8, 4) is 17.2 Å². The zero-order valence-electron chi connectivity index (χ0n) is 19.0. The minimum absolute atomic E-state index is 0.162. The third-order valence-electron chi connectivity index (χ3n) is 5.30. The maximum atomic E-state index is 13.7. The average Bonchev–Trinajstić information content (AvgIpc) is 3.46. The number of hydrogen-bond acceptors (Lipinski definition) is 7. The van der Waals surface area contributed by atoms with Crippen LogP contribution in [0.2, 0.25) is 0 Å². The minimum Gasteiger partial charge on any atom is -0.493 e. The van der Waals surface area contributed by atoms with E-state index < -0.39 is 6.04 Å². The number of nitrogens with zero attached hydrogens (tertiary/aromatic N) is 1. The molecule has 2 unspecified atom stereocenters. The molecule has 9 heteroatoms. The normalized spacial score (nSPS) is 18.0. The number of amides is 2. The molecule has 32 heavy (non-hydrogen) atoms. The molecule has 174 valence electrons. The number of carbonyl (C=O) groups excluding carboxylic acids is 2. The molecule has 8 nitrogen and oxygen atoms in total. The van der Waals surface area contributed by atoms with E-state index >= 15 is 0 Å². The number of carbonyl (C=O) groups is 2. The molecule has 1 saturated heterocycles. The molecule has 0 saturated carbocycles. The van der Waals surface area contributed by atoms with Crippen molar-refractivity contribution in [2.75, 3.05) is 33.6 Å². The van der Waals surface area contributed by atoms with Gasteiger partial charge in [-0.3, -0.25) is 9.59 Å². The van der Waals surface area contributed by atoms with Crippen LogP contribution in [0.5, 0.6) is 17.2 Å². The third kappa shape index (κ3) is 4.98. The van der Waals surface area contributed by atoms with Crippen molar-refractivity contribution in [2.45, 2.75) is 31.7 Å². The second-order valence-electron chi connectivity index (χ2n) is 7.86. The van der Waals surface area contributed by atoms with Crippen LogP contribution in [0.15, 0.2) is 35.1 Å². The Hall–Kier alpha value is -2.81. The van der Waals surface area contributed by atoms with Crippen molar-refractivity contribution in [3.63, 3.8) is 0 Å². The summed E-state index contributed by atoms with van der Waals surface area (Å²) in [6.07, 6.45) is 4.04. The first kappa shape index (κ1) is 23.8. The molecule has 0 bridgehead atoms. The van der Waals surface area contributed by atoms with Gasteiger partial charge in [-0.1, -0.05) is 13.8 Å². The number of furan rings is 1. The van der Waals surface area contributed by atoms with E-state index in [1.165, 1.54) is 33.1 Å². The Morgan fingerprint density at radius 3 is 2.41 bits per heavy atom. The Kier molecular flexibility index (Phi) is 7.95. The highest BCUT2D eigenvalue weighted by Crippen LogP contribution is 2.44. The fraction of sp³-hybridized carbons (Fsp3) is 0.478. The lowest BCUT2D eigenvalue weighted by Crippen LogP contribution is -2.48. The molecular weight excluding hydrogens is 432 g/mol. The van der Waals surface area contributed by atoms with Crippen LogP contribution in [0.4, 0.5) is 0 Å². The Bertz CT molecular complexity index is 906. The third-order valence-corrected chi connectivity index (χ3v) is 6.62. The number of hydrogen-bond donors (Lipinski definition) is 1. The average molecular weight is 463 g/mol. The first-order chi connectivity index (χ1) is 15.4. The van der Waals surface area contributed by atoms with Gasteiger partial charge in [0, 0.05) is 23.4 Å². The lowest BCUT2D eigenvalue weighted by atomic mass is 10.1. The zero-order chi connectivity index (χ0) is 23.3. The van der Waals surface area contributed by atoms with E-state index in [2.05, 4.69) is 19.2 Å². The lowest BCUT2D eigenvalue weighted by Gasteiger charge is -2.29. The number of ether oxygens (including phenoxy) is 3. The van der Waals surface area contributed by atoms with Crippen LogP contribution in [0, 0.1) is 5.92 Å². The fourth-order valence-electron chi connectivity index (χ4n) is 3.58. The van der Waals surface area contributed by atoms with Gasteiger partial charge in [0.1, 0.15) is 11.4 Å². The van der Waals surface area contributed by atoms with E-state index in [1.54, 1.807) is 29.6 Å². The Morgan fingerprint density at radius 2 is 1.88 bits per heavy atom. The number of methoxy groups -OCH3 is 3. The predicted molar refractivity (Wildman–Crippen MR) is 122 cm³/mol. The first-order valence-corrected chi connectivity index (χ1v) is 11.5. The molecule has 0 spiro atoms. The second kappa shape index (κ2) is 10.7. The summed E-state index contributed by atoms with van der Waals surface area (Å²) in [5.74, 6) is 1.65. The Morgan fingerprint density at radius 1 is 1.19 bits per heavy atom. The van der Waals surface area contributed by atoms with Crippen LogP contribution in [-0.2, 0) is 4.79 Å². The highest BCUT2D eigenvalue weighted by molar-refractivity contribution is 7.99. The van der Waals surface area contributed by atoms with Crippen LogP contribution in [-0.4, -0.2) is 56.4 Å². The van der Waals surface area contributed by atoms with E-state index in [0.29, 0.717) is 41.0 Å². The van der Waals surface area contributed by atoms with Crippen LogP contribution in [0.1, 0.15) is 41.6 Å². The van der Waals surface area contributed by atoms with E-state index in [4.69, 9.17) is 18.6 Å². The number of nitrogens with one attached hydrogen (secondary N) is 1. The molecule has 1 aromatic heterocycles. The van der Waals surface area contributed by atoms with Gasteiger partial charge in [-0.15, -0.1) is 11.8 Å². The molecule has 1 fully saturated rings. The van der Waals surface area contributed by atoms with Gasteiger partial charge >= 0.3 is 0 Å². The molecule has 1 aromatic carbocycles. The smallest absolute Gasteiger partial charge is 0.256 e.